The zero-order valence-corrected chi connectivity index (χ0v) is 8.52. The minimum Gasteiger partial charge on any atom is -1.00 e. The molecule has 0 fully saturated rings. The van der Waals surface area contributed by atoms with Gasteiger partial charge >= 0.3 is 11.8 Å². The summed E-state index contributed by atoms with van der Waals surface area (Å²) >= 11 is 0. The average molecular weight is 217 g/mol. The Kier molecular flexibility index (Phi) is 4.59. The van der Waals surface area contributed by atoms with Crippen LogP contribution in [0.2, 0.25) is 0 Å². The maximum atomic E-state index is 11.2. The highest BCUT2D eigenvalue weighted by molar-refractivity contribution is 5.94. The van der Waals surface area contributed by atoms with Gasteiger partial charge in [0.1, 0.15) is 7.05 Å². The molecule has 0 aliphatic heterocycles. The van der Waals surface area contributed by atoms with Crippen LogP contribution >= 0.6 is 0 Å². The van der Waals surface area contributed by atoms with E-state index in [1.165, 1.54) is 10.9 Å². The van der Waals surface area contributed by atoms with Crippen LogP contribution in [0.15, 0.2) is 6.20 Å². The molecule has 1 heterocycles. The minimum atomic E-state index is -0.539. The van der Waals surface area contributed by atoms with Gasteiger partial charge in [0.15, 0.2) is 5.56 Å². The van der Waals surface area contributed by atoms with Gasteiger partial charge in [0.25, 0.3) is 0 Å². The van der Waals surface area contributed by atoms with Crippen LogP contribution in [-0.2, 0) is 11.8 Å². The number of carbonyl (C=O) groups excluding carboxylic acids is 1. The number of rotatable bonds is 2. The van der Waals surface area contributed by atoms with Crippen molar-refractivity contribution < 1.29 is 21.9 Å². The van der Waals surface area contributed by atoms with Crippen molar-refractivity contribution in [1.29, 1.82) is 5.39 Å². The van der Waals surface area contributed by atoms with Crippen LogP contribution in [-0.4, -0.2) is 22.4 Å². The second-order valence-electron chi connectivity index (χ2n) is 2.33. The van der Waals surface area contributed by atoms with Gasteiger partial charge in [-0.25, -0.2) is 4.79 Å². The van der Waals surface area contributed by atoms with Crippen molar-refractivity contribution in [2.75, 3.05) is 6.61 Å². The Balaban J connectivity index is 0.00000169. The fourth-order valence-electron chi connectivity index (χ4n) is 0.903. The molecule has 76 valence electrons. The molecule has 0 N–H and O–H groups in total. The molecule has 0 radical (unpaired) electrons. The number of halogens is 1. The molecule has 0 aliphatic carbocycles. The van der Waals surface area contributed by atoms with Gasteiger partial charge < -0.3 is 17.1 Å². The maximum absolute atomic E-state index is 11.2. The Morgan fingerprint density at radius 2 is 2.43 bits per heavy atom. The third-order valence-electron chi connectivity index (χ3n) is 1.50. The Morgan fingerprint density at radius 3 is 2.93 bits per heavy atom. The van der Waals surface area contributed by atoms with E-state index >= 15 is 0 Å². The van der Waals surface area contributed by atoms with E-state index in [9.17, 15) is 4.79 Å². The summed E-state index contributed by atoms with van der Waals surface area (Å²) in [6, 6.07) is 0. The van der Waals surface area contributed by atoms with Crippen LogP contribution in [0.3, 0.4) is 0 Å². The van der Waals surface area contributed by atoms with Crippen molar-refractivity contribution in [2.24, 2.45) is 7.05 Å². The fourth-order valence-corrected chi connectivity index (χ4v) is 0.903. The van der Waals surface area contributed by atoms with E-state index in [-0.39, 0.29) is 30.4 Å². The number of hydrogen-bond acceptors (Lipinski definition) is 4. The standard InChI is InChI=1S/C7H9N4O2.ClH/c1-3-13-7(12)5-4-9-11(2)6(5)10-8;/h4H,3H2,1-2H3;1H/q+1;/p-1. The molecular formula is C7H9ClN4O2. The van der Waals surface area contributed by atoms with Gasteiger partial charge in [0.05, 0.1) is 18.2 Å². The van der Waals surface area contributed by atoms with Crippen LogP contribution < -0.4 is 12.4 Å². The summed E-state index contributed by atoms with van der Waals surface area (Å²) in [6.07, 6.45) is 1.30. The maximum Gasteiger partial charge on any atom is 0.460 e. The normalized spacial score (nSPS) is 8.64. The van der Waals surface area contributed by atoms with Crippen molar-refractivity contribution in [3.8, 4) is 0 Å². The molecule has 0 bridgehead atoms. The Labute approximate surface area is 86.9 Å². The number of aryl methyl sites for hydroxylation is 1. The van der Waals surface area contributed by atoms with Crippen molar-refractivity contribution in [3.63, 3.8) is 0 Å². The molecule has 0 atom stereocenters. The van der Waals surface area contributed by atoms with E-state index in [1.54, 1.807) is 14.0 Å². The van der Waals surface area contributed by atoms with Crippen molar-refractivity contribution >= 4 is 11.8 Å². The number of ether oxygens (including phenoxy) is 1. The first-order valence-electron chi connectivity index (χ1n) is 3.75. The summed E-state index contributed by atoms with van der Waals surface area (Å²) in [6.45, 7) is 1.97. The predicted molar refractivity (Wildman–Crippen MR) is 43.9 cm³/mol. The number of hydrogen-bond donors (Lipinski definition) is 0. The first kappa shape index (κ1) is 12.4. The second-order valence-corrected chi connectivity index (χ2v) is 2.33. The highest BCUT2D eigenvalue weighted by atomic mass is 35.5. The van der Waals surface area contributed by atoms with Gasteiger partial charge in [-0.05, 0) is 6.92 Å². The average Bonchev–Trinajstić information content (AvgIpc) is 2.47. The fraction of sp³-hybridized carbons (Fsp3) is 0.429. The third-order valence-corrected chi connectivity index (χ3v) is 1.50. The lowest BCUT2D eigenvalue weighted by atomic mass is 10.3. The molecule has 0 aliphatic rings. The minimum absolute atomic E-state index is 0. The molecular weight excluding hydrogens is 208 g/mol. The van der Waals surface area contributed by atoms with E-state index in [2.05, 4.69) is 10.1 Å². The number of diazo groups is 1. The lowest BCUT2D eigenvalue weighted by molar-refractivity contribution is -0.0000213. The number of aromatic nitrogens is 2. The number of esters is 1. The summed E-state index contributed by atoms with van der Waals surface area (Å²) in [5, 5.41) is 12.3. The monoisotopic (exact) mass is 216 g/mol. The van der Waals surface area contributed by atoms with Crippen LogP contribution in [0.25, 0.3) is 4.98 Å². The molecule has 0 saturated heterocycles. The van der Waals surface area contributed by atoms with Crippen LogP contribution in [0.5, 0.6) is 0 Å². The first-order chi connectivity index (χ1) is 6.20. The molecule has 1 aromatic heterocycles. The van der Waals surface area contributed by atoms with E-state index in [4.69, 9.17) is 10.1 Å². The predicted octanol–water partition coefficient (Wildman–Crippen LogP) is -1.91. The summed E-state index contributed by atoms with van der Waals surface area (Å²) < 4.78 is 6.00. The molecule has 0 aromatic carbocycles. The lowest BCUT2D eigenvalue weighted by Gasteiger charge is -1.94. The van der Waals surface area contributed by atoms with E-state index in [0.29, 0.717) is 0 Å². The Hall–Kier alpha value is -1.61. The molecule has 7 heteroatoms. The molecule has 0 amide bonds. The first-order valence-corrected chi connectivity index (χ1v) is 3.75. The van der Waals surface area contributed by atoms with Crippen LogP contribution in [0, 0.1) is 5.39 Å². The Bertz CT molecular complexity index is 368. The van der Waals surface area contributed by atoms with Crippen molar-refractivity contribution in [1.82, 2.24) is 9.78 Å². The highest BCUT2D eigenvalue weighted by Gasteiger charge is 2.26. The third kappa shape index (κ3) is 2.20. The second kappa shape index (κ2) is 5.19. The summed E-state index contributed by atoms with van der Waals surface area (Å²) in [5.74, 6) is -0.443. The number of nitrogens with zero attached hydrogens (tertiary/aromatic N) is 4. The topological polar surface area (TPSA) is 72.3 Å². The summed E-state index contributed by atoms with van der Waals surface area (Å²) in [4.78, 5) is 14.1. The largest absolute Gasteiger partial charge is 1.00 e. The van der Waals surface area contributed by atoms with Crippen LogP contribution in [0.1, 0.15) is 17.3 Å². The summed E-state index contributed by atoms with van der Waals surface area (Å²) in [5.41, 5.74) is 0.159. The zero-order chi connectivity index (χ0) is 9.84. The molecule has 0 spiro atoms. The SMILES string of the molecule is CCOC(=O)c1cnn(C)c1[N+]#N.[Cl-]. The smallest absolute Gasteiger partial charge is 0.460 e. The molecule has 0 unspecified atom stereocenters. The van der Waals surface area contributed by atoms with Crippen LogP contribution in [0.4, 0.5) is 5.82 Å². The molecule has 6 nitrogen and oxygen atoms in total. The van der Waals surface area contributed by atoms with Crippen molar-refractivity contribution in [2.45, 2.75) is 6.92 Å². The van der Waals surface area contributed by atoms with E-state index in [1.807, 2.05) is 0 Å². The van der Waals surface area contributed by atoms with Gasteiger partial charge in [-0.2, -0.15) is 0 Å². The van der Waals surface area contributed by atoms with Gasteiger partial charge in [0.2, 0.25) is 0 Å². The summed E-state index contributed by atoms with van der Waals surface area (Å²) in [7, 11) is 1.57. The van der Waals surface area contributed by atoms with E-state index in [0.717, 1.165) is 0 Å². The Morgan fingerprint density at radius 1 is 1.79 bits per heavy atom. The van der Waals surface area contributed by atoms with Gasteiger partial charge in [-0.3, -0.25) is 0 Å². The van der Waals surface area contributed by atoms with Crippen molar-refractivity contribution in [3.05, 3.63) is 16.7 Å². The van der Waals surface area contributed by atoms with Gasteiger partial charge in [-0.1, -0.05) is 5.10 Å². The number of carbonyl (C=O) groups is 1. The van der Waals surface area contributed by atoms with Gasteiger partial charge in [0, 0.05) is 4.98 Å². The lowest BCUT2D eigenvalue weighted by Crippen LogP contribution is -3.00. The van der Waals surface area contributed by atoms with E-state index < -0.39 is 5.97 Å². The zero-order valence-electron chi connectivity index (χ0n) is 7.77. The molecule has 1 rings (SSSR count). The quantitative estimate of drug-likeness (QED) is 0.427. The van der Waals surface area contributed by atoms with Gasteiger partial charge in [-0.15, -0.1) is 4.68 Å². The highest BCUT2D eigenvalue weighted by Crippen LogP contribution is 2.18. The molecule has 0 saturated carbocycles. The molecule has 14 heavy (non-hydrogen) atoms. The molecule has 1 aromatic rings.